The largest absolute Gasteiger partial charge is 0.490 e. The summed E-state index contributed by atoms with van der Waals surface area (Å²) in [5.74, 6) is 1.00. The van der Waals surface area contributed by atoms with E-state index in [1.54, 1.807) is 0 Å². The maximum atomic E-state index is 6.01. The SMILES string of the molecule is CCC(CC)Oc1ccc2c(c1)CC[C@@H]2N. The molecule has 0 radical (unpaired) electrons. The zero-order valence-electron chi connectivity index (χ0n) is 10.2. The van der Waals surface area contributed by atoms with E-state index in [-0.39, 0.29) is 6.04 Å². The van der Waals surface area contributed by atoms with Crippen LogP contribution in [0.2, 0.25) is 0 Å². The highest BCUT2D eigenvalue weighted by atomic mass is 16.5. The summed E-state index contributed by atoms with van der Waals surface area (Å²) in [6.45, 7) is 4.33. The molecule has 1 aromatic rings. The molecule has 2 rings (SSSR count). The second kappa shape index (κ2) is 4.88. The average molecular weight is 219 g/mol. The lowest BCUT2D eigenvalue weighted by molar-refractivity contribution is 0.192. The Morgan fingerprint density at radius 3 is 2.81 bits per heavy atom. The molecule has 0 amide bonds. The molecule has 16 heavy (non-hydrogen) atoms. The van der Waals surface area contributed by atoms with E-state index in [1.165, 1.54) is 11.1 Å². The highest BCUT2D eigenvalue weighted by Crippen LogP contribution is 2.32. The number of rotatable bonds is 4. The molecule has 0 spiro atoms. The van der Waals surface area contributed by atoms with E-state index in [4.69, 9.17) is 10.5 Å². The Balaban J connectivity index is 2.13. The molecule has 0 saturated heterocycles. The fourth-order valence-electron chi connectivity index (χ4n) is 2.35. The molecule has 2 nitrogen and oxygen atoms in total. The van der Waals surface area contributed by atoms with E-state index in [0.29, 0.717) is 6.10 Å². The van der Waals surface area contributed by atoms with Crippen LogP contribution in [0.4, 0.5) is 0 Å². The molecule has 88 valence electrons. The summed E-state index contributed by atoms with van der Waals surface area (Å²) < 4.78 is 5.93. The van der Waals surface area contributed by atoms with Crippen LogP contribution in [0.5, 0.6) is 5.75 Å². The van der Waals surface area contributed by atoms with Crippen LogP contribution in [0.3, 0.4) is 0 Å². The Morgan fingerprint density at radius 1 is 1.38 bits per heavy atom. The predicted octanol–water partition coefficient (Wildman–Crippen LogP) is 3.20. The van der Waals surface area contributed by atoms with Crippen LogP contribution in [0.25, 0.3) is 0 Å². The molecule has 1 aromatic carbocycles. The summed E-state index contributed by atoms with van der Waals surface area (Å²) in [6, 6.07) is 6.59. The summed E-state index contributed by atoms with van der Waals surface area (Å²) in [4.78, 5) is 0. The first-order valence-electron chi connectivity index (χ1n) is 6.29. The van der Waals surface area contributed by atoms with Gasteiger partial charge in [-0.3, -0.25) is 0 Å². The summed E-state index contributed by atoms with van der Waals surface area (Å²) >= 11 is 0. The molecule has 0 aliphatic heterocycles. The van der Waals surface area contributed by atoms with Crippen molar-refractivity contribution in [1.82, 2.24) is 0 Å². The molecule has 0 heterocycles. The Morgan fingerprint density at radius 2 is 2.12 bits per heavy atom. The van der Waals surface area contributed by atoms with Crippen LogP contribution >= 0.6 is 0 Å². The third-order valence-electron chi connectivity index (χ3n) is 3.45. The number of hydrogen-bond donors (Lipinski definition) is 1. The molecule has 0 saturated carbocycles. The second-order valence-corrected chi connectivity index (χ2v) is 4.56. The van der Waals surface area contributed by atoms with E-state index in [9.17, 15) is 0 Å². The van der Waals surface area contributed by atoms with E-state index >= 15 is 0 Å². The van der Waals surface area contributed by atoms with Gasteiger partial charge in [-0.15, -0.1) is 0 Å². The van der Waals surface area contributed by atoms with Gasteiger partial charge in [0.15, 0.2) is 0 Å². The van der Waals surface area contributed by atoms with Crippen molar-refractivity contribution in [2.24, 2.45) is 5.73 Å². The van der Waals surface area contributed by atoms with Crippen LogP contribution in [-0.2, 0) is 6.42 Å². The van der Waals surface area contributed by atoms with Gasteiger partial charge in [0, 0.05) is 6.04 Å². The molecule has 0 fully saturated rings. The van der Waals surface area contributed by atoms with Gasteiger partial charge in [-0.25, -0.2) is 0 Å². The van der Waals surface area contributed by atoms with Crippen molar-refractivity contribution in [3.05, 3.63) is 29.3 Å². The minimum Gasteiger partial charge on any atom is -0.490 e. The molecule has 1 atom stereocenters. The summed E-state index contributed by atoms with van der Waals surface area (Å²) in [6.07, 6.45) is 4.63. The van der Waals surface area contributed by atoms with Crippen LogP contribution < -0.4 is 10.5 Å². The van der Waals surface area contributed by atoms with Gasteiger partial charge in [-0.2, -0.15) is 0 Å². The fraction of sp³-hybridized carbons (Fsp3) is 0.571. The van der Waals surface area contributed by atoms with E-state index < -0.39 is 0 Å². The van der Waals surface area contributed by atoms with Crippen LogP contribution in [0.15, 0.2) is 18.2 Å². The first kappa shape index (κ1) is 11.5. The minimum atomic E-state index is 0.234. The van der Waals surface area contributed by atoms with Gasteiger partial charge in [0.25, 0.3) is 0 Å². The quantitative estimate of drug-likeness (QED) is 0.844. The Bertz CT molecular complexity index is 358. The van der Waals surface area contributed by atoms with Gasteiger partial charge in [0.1, 0.15) is 5.75 Å². The molecular formula is C14H21NO. The standard InChI is InChI=1S/C14H21NO/c1-3-11(4-2)16-12-6-7-13-10(9-12)5-8-14(13)15/h6-7,9,11,14H,3-5,8,15H2,1-2H3/t14-/m0/s1. The molecule has 0 unspecified atom stereocenters. The van der Waals surface area contributed by atoms with E-state index in [1.807, 2.05) is 0 Å². The molecule has 2 heteroatoms. The summed E-state index contributed by atoms with van der Waals surface area (Å²) in [5.41, 5.74) is 8.68. The van der Waals surface area contributed by atoms with Crippen LogP contribution in [-0.4, -0.2) is 6.10 Å². The molecular weight excluding hydrogens is 198 g/mol. The molecule has 0 aromatic heterocycles. The fourth-order valence-corrected chi connectivity index (χ4v) is 2.35. The highest BCUT2D eigenvalue weighted by molar-refractivity contribution is 5.40. The van der Waals surface area contributed by atoms with Crippen molar-refractivity contribution in [2.75, 3.05) is 0 Å². The van der Waals surface area contributed by atoms with Gasteiger partial charge in [-0.1, -0.05) is 19.9 Å². The van der Waals surface area contributed by atoms with E-state index in [0.717, 1.165) is 31.4 Å². The van der Waals surface area contributed by atoms with Gasteiger partial charge in [0.2, 0.25) is 0 Å². The first-order chi connectivity index (χ1) is 7.74. The maximum Gasteiger partial charge on any atom is 0.120 e. The second-order valence-electron chi connectivity index (χ2n) is 4.56. The lowest BCUT2D eigenvalue weighted by atomic mass is 10.1. The Kier molecular flexibility index (Phi) is 3.49. The zero-order chi connectivity index (χ0) is 11.5. The summed E-state index contributed by atoms with van der Waals surface area (Å²) in [7, 11) is 0. The monoisotopic (exact) mass is 219 g/mol. The lowest BCUT2D eigenvalue weighted by Crippen LogP contribution is -2.13. The Labute approximate surface area is 97.8 Å². The van der Waals surface area contributed by atoms with Crippen molar-refractivity contribution in [3.63, 3.8) is 0 Å². The van der Waals surface area contributed by atoms with E-state index in [2.05, 4.69) is 32.0 Å². The summed E-state index contributed by atoms with van der Waals surface area (Å²) in [5, 5.41) is 0. The average Bonchev–Trinajstić information content (AvgIpc) is 2.68. The van der Waals surface area contributed by atoms with Gasteiger partial charge in [-0.05, 0) is 48.9 Å². The number of benzene rings is 1. The number of hydrogen-bond acceptors (Lipinski definition) is 2. The van der Waals surface area contributed by atoms with Crippen molar-refractivity contribution in [1.29, 1.82) is 0 Å². The van der Waals surface area contributed by atoms with Crippen molar-refractivity contribution in [3.8, 4) is 5.75 Å². The Hall–Kier alpha value is -1.02. The first-order valence-corrected chi connectivity index (χ1v) is 6.29. The van der Waals surface area contributed by atoms with Crippen LogP contribution in [0, 0.1) is 0 Å². The maximum absolute atomic E-state index is 6.01. The van der Waals surface area contributed by atoms with Gasteiger partial charge >= 0.3 is 0 Å². The minimum absolute atomic E-state index is 0.234. The van der Waals surface area contributed by atoms with Crippen molar-refractivity contribution in [2.45, 2.75) is 51.7 Å². The number of aryl methyl sites for hydroxylation is 1. The smallest absolute Gasteiger partial charge is 0.120 e. The van der Waals surface area contributed by atoms with Gasteiger partial charge in [0.05, 0.1) is 6.10 Å². The van der Waals surface area contributed by atoms with Crippen molar-refractivity contribution < 1.29 is 4.74 Å². The van der Waals surface area contributed by atoms with Crippen molar-refractivity contribution >= 4 is 0 Å². The molecule has 0 bridgehead atoms. The number of nitrogens with two attached hydrogens (primary N) is 1. The molecule has 2 N–H and O–H groups in total. The normalized spacial score (nSPS) is 18.9. The third-order valence-corrected chi connectivity index (χ3v) is 3.45. The molecule has 1 aliphatic rings. The molecule has 1 aliphatic carbocycles. The predicted molar refractivity (Wildman–Crippen MR) is 66.7 cm³/mol. The topological polar surface area (TPSA) is 35.2 Å². The number of ether oxygens (including phenoxy) is 1. The van der Waals surface area contributed by atoms with Gasteiger partial charge < -0.3 is 10.5 Å². The lowest BCUT2D eigenvalue weighted by Gasteiger charge is -2.16. The third kappa shape index (κ3) is 2.22. The number of fused-ring (bicyclic) bond motifs is 1. The highest BCUT2D eigenvalue weighted by Gasteiger charge is 2.19. The van der Waals surface area contributed by atoms with Crippen LogP contribution in [0.1, 0.15) is 50.3 Å². The zero-order valence-corrected chi connectivity index (χ0v) is 10.2.